The highest BCUT2D eigenvalue weighted by Crippen LogP contribution is 2.73. The Labute approximate surface area is 176 Å². The number of carbonyl (C=O) groups excluding carboxylic acids is 1. The van der Waals surface area contributed by atoms with E-state index < -0.39 is 33.3 Å². The van der Waals surface area contributed by atoms with Crippen LogP contribution in [0.15, 0.2) is 23.8 Å². The zero-order valence-electron chi connectivity index (χ0n) is 17.8. The summed E-state index contributed by atoms with van der Waals surface area (Å²) >= 11 is 1.65. The van der Waals surface area contributed by atoms with E-state index in [2.05, 4.69) is 6.92 Å². The van der Waals surface area contributed by atoms with Gasteiger partial charge in [0.1, 0.15) is 11.0 Å². The zero-order valence-corrected chi connectivity index (χ0v) is 18.6. The smallest absolute Gasteiger partial charge is 0.178 e. The molecular weight excluding hydrogens is 391 g/mol. The van der Waals surface area contributed by atoms with Crippen LogP contribution in [0, 0.1) is 22.7 Å². The van der Waals surface area contributed by atoms with Crippen LogP contribution in [0.1, 0.15) is 53.4 Å². The van der Waals surface area contributed by atoms with E-state index in [1.807, 2.05) is 27.0 Å². The van der Waals surface area contributed by atoms with Crippen LogP contribution in [-0.2, 0) is 14.3 Å². The Morgan fingerprint density at radius 3 is 2.66 bits per heavy atom. The molecule has 0 aromatic rings. The molecule has 0 radical (unpaired) electrons. The van der Waals surface area contributed by atoms with Crippen LogP contribution >= 0.6 is 11.8 Å². The Morgan fingerprint density at radius 1 is 1.24 bits per heavy atom. The van der Waals surface area contributed by atoms with Crippen LogP contribution < -0.4 is 0 Å². The van der Waals surface area contributed by atoms with E-state index in [1.54, 1.807) is 23.9 Å². The molecule has 29 heavy (non-hydrogen) atoms. The first kappa shape index (κ1) is 20.2. The number of thioether (sulfide) groups is 1. The number of allylic oxidation sites excluding steroid dienone is 4. The molecule has 6 heteroatoms. The van der Waals surface area contributed by atoms with Gasteiger partial charge in [-0.25, -0.2) is 4.39 Å². The Balaban J connectivity index is 1.61. The minimum atomic E-state index is -1.80. The Morgan fingerprint density at radius 2 is 1.97 bits per heavy atom. The van der Waals surface area contributed by atoms with Crippen molar-refractivity contribution in [2.45, 2.75) is 82.0 Å². The van der Waals surface area contributed by atoms with Crippen molar-refractivity contribution in [1.29, 1.82) is 0 Å². The number of rotatable bonds is 1. The second kappa shape index (κ2) is 5.76. The maximum Gasteiger partial charge on any atom is 0.178 e. The third-order valence-corrected chi connectivity index (χ3v) is 10.3. The molecule has 160 valence electrons. The molecule has 1 N–H and O–H groups in total. The molecule has 4 nitrogen and oxygen atoms in total. The highest BCUT2D eigenvalue weighted by molar-refractivity contribution is 7.99. The molecule has 0 spiro atoms. The van der Waals surface area contributed by atoms with Gasteiger partial charge in [-0.15, -0.1) is 11.8 Å². The van der Waals surface area contributed by atoms with Gasteiger partial charge in [0.2, 0.25) is 0 Å². The maximum absolute atomic E-state index is 17.1. The summed E-state index contributed by atoms with van der Waals surface area (Å²) in [7, 11) is 0. The summed E-state index contributed by atoms with van der Waals surface area (Å²) in [5.41, 5.74) is -2.32. The number of alkyl halides is 1. The molecule has 0 aromatic carbocycles. The van der Waals surface area contributed by atoms with E-state index >= 15 is 4.39 Å². The lowest BCUT2D eigenvalue weighted by atomic mass is 9.45. The summed E-state index contributed by atoms with van der Waals surface area (Å²) in [5, 5.41) is 11.4. The number of ketones is 1. The third-order valence-electron chi connectivity index (χ3n) is 8.85. The lowest BCUT2D eigenvalue weighted by Crippen LogP contribution is -2.68. The molecule has 5 aliphatic rings. The number of carbonyl (C=O) groups is 1. The predicted octanol–water partition coefficient (Wildman–Crippen LogP) is 4.18. The van der Waals surface area contributed by atoms with Gasteiger partial charge in [0, 0.05) is 16.7 Å². The number of halogens is 1. The van der Waals surface area contributed by atoms with Gasteiger partial charge in [0.15, 0.2) is 17.2 Å². The van der Waals surface area contributed by atoms with Gasteiger partial charge >= 0.3 is 0 Å². The molecule has 3 saturated carbocycles. The zero-order chi connectivity index (χ0) is 21.0. The van der Waals surface area contributed by atoms with Crippen LogP contribution in [0.3, 0.4) is 0 Å². The molecule has 4 fully saturated rings. The van der Waals surface area contributed by atoms with Crippen molar-refractivity contribution in [3.05, 3.63) is 23.8 Å². The monoisotopic (exact) mass is 422 g/mol. The molecule has 0 unspecified atom stereocenters. The molecule has 0 amide bonds. The Hall–Kier alpha value is -0.690. The van der Waals surface area contributed by atoms with Crippen LogP contribution in [0.4, 0.5) is 4.39 Å². The van der Waals surface area contributed by atoms with Gasteiger partial charge < -0.3 is 14.6 Å². The topological polar surface area (TPSA) is 55.8 Å². The standard InChI is InChI=1S/C23H31FO4S/c1-19(2)27-18-11-16-15-7-6-13-10-14(25)8-9-20(13,3)22(15,24)17(26)12-21(16,4)23(18,28-19)29-5/h8-10,15-18,26H,6-7,11-12H2,1-5H3/t15-,16-,17-,18+,20-,21-,22-,23-/m0/s1. The van der Waals surface area contributed by atoms with E-state index in [0.717, 1.165) is 12.0 Å². The number of ether oxygens (including phenoxy) is 2. The van der Waals surface area contributed by atoms with Gasteiger partial charge in [0.25, 0.3) is 0 Å². The molecule has 1 saturated heterocycles. The number of aliphatic hydroxyl groups excluding tert-OH is 1. The lowest BCUT2D eigenvalue weighted by Gasteiger charge is -2.62. The van der Waals surface area contributed by atoms with Crippen molar-refractivity contribution >= 4 is 17.5 Å². The van der Waals surface area contributed by atoms with Gasteiger partial charge in [-0.05, 0) is 70.8 Å². The second-order valence-electron chi connectivity index (χ2n) is 10.5. The first-order chi connectivity index (χ1) is 13.4. The SMILES string of the molecule is CS[C@@]12OC(C)(C)O[C@@H]1C[C@H]1[C@@H]3CCC4=CC(=O)C=C[C@]4(C)[C@@]3(F)[C@@H](O)C[C@@]12C. The van der Waals surface area contributed by atoms with Crippen molar-refractivity contribution < 1.29 is 23.8 Å². The van der Waals surface area contributed by atoms with Crippen molar-refractivity contribution in [3.8, 4) is 0 Å². The maximum atomic E-state index is 17.1. The molecular formula is C23H31FO4S. The fraction of sp³-hybridized carbons (Fsp3) is 0.783. The molecule has 4 aliphatic carbocycles. The van der Waals surface area contributed by atoms with E-state index in [-0.39, 0.29) is 23.7 Å². The van der Waals surface area contributed by atoms with Gasteiger partial charge in [-0.1, -0.05) is 18.6 Å². The van der Waals surface area contributed by atoms with Gasteiger partial charge in [-0.2, -0.15) is 0 Å². The summed E-state index contributed by atoms with van der Waals surface area (Å²) in [6, 6.07) is 0. The van der Waals surface area contributed by atoms with Crippen molar-refractivity contribution in [1.82, 2.24) is 0 Å². The largest absolute Gasteiger partial charge is 0.390 e. The Bertz CT molecular complexity index is 839. The van der Waals surface area contributed by atoms with E-state index in [1.165, 1.54) is 6.08 Å². The quantitative estimate of drug-likeness (QED) is 0.687. The molecule has 8 atom stereocenters. The van der Waals surface area contributed by atoms with Crippen LogP contribution in [0.5, 0.6) is 0 Å². The van der Waals surface area contributed by atoms with E-state index in [4.69, 9.17) is 9.47 Å². The molecule has 1 aliphatic heterocycles. The van der Waals surface area contributed by atoms with Crippen molar-refractivity contribution in [2.24, 2.45) is 22.7 Å². The minimum Gasteiger partial charge on any atom is -0.390 e. The summed E-state index contributed by atoms with van der Waals surface area (Å²) in [6.07, 6.45) is 7.93. The van der Waals surface area contributed by atoms with Crippen molar-refractivity contribution in [3.63, 3.8) is 0 Å². The van der Waals surface area contributed by atoms with Crippen LogP contribution in [-0.4, -0.2) is 45.7 Å². The van der Waals surface area contributed by atoms with Gasteiger partial charge in [-0.3, -0.25) is 4.79 Å². The number of aliphatic hydroxyl groups is 1. The third kappa shape index (κ3) is 2.19. The first-order valence-electron chi connectivity index (χ1n) is 10.7. The highest BCUT2D eigenvalue weighted by Gasteiger charge is 2.78. The summed E-state index contributed by atoms with van der Waals surface area (Å²) in [5.74, 6) is -1.02. The highest BCUT2D eigenvalue weighted by atomic mass is 32.2. The normalized spacial score (nSPS) is 55.0. The summed E-state index contributed by atoms with van der Waals surface area (Å²) in [4.78, 5) is 11.3. The van der Waals surface area contributed by atoms with E-state index in [0.29, 0.717) is 19.3 Å². The van der Waals surface area contributed by atoms with Crippen LogP contribution in [0.25, 0.3) is 0 Å². The molecule has 1 heterocycles. The molecule has 0 aromatic heterocycles. The fourth-order valence-corrected chi connectivity index (χ4v) is 8.99. The second-order valence-corrected chi connectivity index (χ2v) is 11.5. The first-order valence-corrected chi connectivity index (χ1v) is 11.9. The van der Waals surface area contributed by atoms with Crippen molar-refractivity contribution in [2.75, 3.05) is 6.26 Å². The lowest BCUT2D eigenvalue weighted by molar-refractivity contribution is -0.231. The minimum absolute atomic E-state index is 0.0499. The number of hydrogen-bond acceptors (Lipinski definition) is 5. The summed E-state index contributed by atoms with van der Waals surface area (Å²) in [6.45, 7) is 7.89. The fourth-order valence-electron chi connectivity index (χ4n) is 7.59. The molecule has 5 rings (SSSR count). The van der Waals surface area contributed by atoms with Crippen LogP contribution in [0.2, 0.25) is 0 Å². The Kier molecular flexibility index (Phi) is 4.01. The van der Waals surface area contributed by atoms with Gasteiger partial charge in [0.05, 0.1) is 6.10 Å². The average Bonchev–Trinajstić information content (AvgIpc) is 3.03. The summed E-state index contributed by atoms with van der Waals surface area (Å²) < 4.78 is 29.9. The number of fused-ring (bicyclic) bond motifs is 7. The van der Waals surface area contributed by atoms with E-state index in [9.17, 15) is 9.90 Å². The molecule has 0 bridgehead atoms. The average molecular weight is 423 g/mol. The predicted molar refractivity (Wildman–Crippen MR) is 110 cm³/mol. The number of hydrogen-bond donors (Lipinski definition) is 1.